The number of nitrogens with zero attached hydrogens (tertiary/aromatic N) is 1. The third-order valence-corrected chi connectivity index (χ3v) is 3.13. The van der Waals surface area contributed by atoms with Gasteiger partial charge >= 0.3 is 0 Å². The molecule has 0 aliphatic rings. The third-order valence-electron chi connectivity index (χ3n) is 3.13. The highest BCUT2D eigenvalue weighted by molar-refractivity contribution is 5.95. The summed E-state index contributed by atoms with van der Waals surface area (Å²) in [6, 6.07) is 9.21. The number of benzene rings is 2. The number of hydrogen-bond acceptors (Lipinski definition) is 5. The molecule has 1 amide bonds. The first-order chi connectivity index (χ1) is 11.4. The summed E-state index contributed by atoms with van der Waals surface area (Å²) in [5, 5.41) is 13.3. The predicted octanol–water partition coefficient (Wildman–Crippen LogP) is 3.15. The van der Waals surface area contributed by atoms with Crippen LogP contribution in [0.4, 0.5) is 15.8 Å². The summed E-state index contributed by atoms with van der Waals surface area (Å²) in [5.41, 5.74) is -0.0452. The molecule has 0 spiro atoms. The predicted molar refractivity (Wildman–Crippen MR) is 84.8 cm³/mol. The second-order valence-electron chi connectivity index (χ2n) is 4.85. The Labute approximate surface area is 137 Å². The van der Waals surface area contributed by atoms with E-state index >= 15 is 0 Å². The fourth-order valence-electron chi connectivity index (χ4n) is 1.94. The first-order valence-electron chi connectivity index (χ1n) is 6.96. The number of halogens is 1. The minimum atomic E-state index is -0.948. The molecule has 0 aliphatic heterocycles. The molecule has 0 aromatic heterocycles. The number of carbonyl (C=O) groups is 1. The van der Waals surface area contributed by atoms with Crippen molar-refractivity contribution in [1.82, 2.24) is 0 Å². The number of nitro benzene ring substituents is 1. The fraction of sp³-hybridized carbons (Fsp3) is 0.188. The highest BCUT2D eigenvalue weighted by Crippen LogP contribution is 2.29. The van der Waals surface area contributed by atoms with E-state index in [0.29, 0.717) is 0 Å². The summed E-state index contributed by atoms with van der Waals surface area (Å²) >= 11 is 0. The second kappa shape index (κ2) is 7.40. The number of rotatable bonds is 6. The monoisotopic (exact) mass is 334 g/mol. The quantitative estimate of drug-likeness (QED) is 0.647. The van der Waals surface area contributed by atoms with Crippen LogP contribution in [0.3, 0.4) is 0 Å². The molecular weight excluding hydrogens is 319 g/mol. The number of nitro groups is 1. The molecule has 126 valence electrons. The molecule has 24 heavy (non-hydrogen) atoms. The fourth-order valence-corrected chi connectivity index (χ4v) is 1.94. The number of anilines is 1. The lowest BCUT2D eigenvalue weighted by molar-refractivity contribution is -0.384. The van der Waals surface area contributed by atoms with Crippen LogP contribution in [-0.4, -0.2) is 24.0 Å². The molecule has 0 saturated heterocycles. The van der Waals surface area contributed by atoms with Crippen molar-refractivity contribution in [2.45, 2.75) is 13.0 Å². The van der Waals surface area contributed by atoms with Crippen molar-refractivity contribution in [2.75, 3.05) is 12.4 Å². The van der Waals surface area contributed by atoms with Gasteiger partial charge in [-0.15, -0.1) is 0 Å². The topological polar surface area (TPSA) is 90.7 Å². The van der Waals surface area contributed by atoms with Gasteiger partial charge in [-0.3, -0.25) is 14.9 Å². The largest absolute Gasteiger partial charge is 0.495 e. The minimum Gasteiger partial charge on any atom is -0.495 e. The van der Waals surface area contributed by atoms with Crippen LogP contribution < -0.4 is 14.8 Å². The van der Waals surface area contributed by atoms with E-state index in [9.17, 15) is 19.3 Å². The normalized spacial score (nSPS) is 11.5. The highest BCUT2D eigenvalue weighted by Gasteiger charge is 2.19. The van der Waals surface area contributed by atoms with Gasteiger partial charge in [0.05, 0.1) is 17.7 Å². The molecule has 2 aromatic carbocycles. The molecule has 0 radical (unpaired) electrons. The Balaban J connectivity index is 2.13. The smallest absolute Gasteiger partial charge is 0.271 e. The van der Waals surface area contributed by atoms with Gasteiger partial charge < -0.3 is 14.8 Å². The van der Waals surface area contributed by atoms with Crippen LogP contribution in [0.25, 0.3) is 0 Å². The van der Waals surface area contributed by atoms with Crippen molar-refractivity contribution in [3.8, 4) is 11.5 Å². The molecule has 0 heterocycles. The molecule has 0 unspecified atom stereocenters. The Bertz CT molecular complexity index is 766. The molecule has 1 N–H and O–H groups in total. The summed E-state index contributed by atoms with van der Waals surface area (Å²) in [6.45, 7) is 1.48. The Morgan fingerprint density at radius 3 is 2.67 bits per heavy atom. The van der Waals surface area contributed by atoms with Crippen molar-refractivity contribution in [3.63, 3.8) is 0 Å². The van der Waals surface area contributed by atoms with Crippen molar-refractivity contribution >= 4 is 17.3 Å². The van der Waals surface area contributed by atoms with Gasteiger partial charge in [-0.2, -0.15) is 0 Å². The van der Waals surface area contributed by atoms with E-state index in [2.05, 4.69) is 5.32 Å². The van der Waals surface area contributed by atoms with Crippen molar-refractivity contribution in [2.24, 2.45) is 0 Å². The number of carbonyl (C=O) groups excluding carboxylic acids is 1. The lowest BCUT2D eigenvalue weighted by Gasteiger charge is -2.16. The molecular formula is C16H15FN2O5. The van der Waals surface area contributed by atoms with E-state index in [1.165, 1.54) is 50.4 Å². The molecule has 1 atom stereocenters. The van der Waals surface area contributed by atoms with Crippen LogP contribution in [-0.2, 0) is 4.79 Å². The zero-order chi connectivity index (χ0) is 17.7. The molecule has 0 aliphatic carbocycles. The minimum absolute atomic E-state index is 0.145. The van der Waals surface area contributed by atoms with Crippen LogP contribution in [0.15, 0.2) is 42.5 Å². The first kappa shape index (κ1) is 17.2. The summed E-state index contributed by atoms with van der Waals surface area (Å²) in [4.78, 5) is 22.5. The molecule has 2 rings (SSSR count). The van der Waals surface area contributed by atoms with Gasteiger partial charge in [0.25, 0.3) is 11.6 Å². The maximum Gasteiger partial charge on any atom is 0.271 e. The van der Waals surface area contributed by atoms with E-state index in [0.717, 1.165) is 6.07 Å². The van der Waals surface area contributed by atoms with Gasteiger partial charge in [0.2, 0.25) is 0 Å². The van der Waals surface area contributed by atoms with E-state index in [1.54, 1.807) is 0 Å². The van der Waals surface area contributed by atoms with Gasteiger partial charge in [0.1, 0.15) is 17.3 Å². The average Bonchev–Trinajstić information content (AvgIpc) is 2.54. The van der Waals surface area contributed by atoms with E-state index in [-0.39, 0.29) is 22.9 Å². The Morgan fingerprint density at radius 1 is 1.29 bits per heavy atom. The van der Waals surface area contributed by atoms with Crippen LogP contribution in [0.2, 0.25) is 0 Å². The Morgan fingerprint density at radius 2 is 2.04 bits per heavy atom. The number of non-ortho nitro benzene ring substituents is 1. The molecule has 0 fully saturated rings. The Hall–Kier alpha value is -3.16. The maximum atomic E-state index is 13.1. The zero-order valence-electron chi connectivity index (χ0n) is 13.0. The first-order valence-corrected chi connectivity index (χ1v) is 6.96. The number of hydrogen-bond donors (Lipinski definition) is 1. The van der Waals surface area contributed by atoms with Crippen LogP contribution in [0, 0.1) is 15.9 Å². The van der Waals surface area contributed by atoms with Gasteiger partial charge in [-0.05, 0) is 25.1 Å². The molecule has 2 aromatic rings. The zero-order valence-corrected chi connectivity index (χ0v) is 13.0. The number of ether oxygens (including phenoxy) is 2. The lowest BCUT2D eigenvalue weighted by Crippen LogP contribution is -2.30. The summed E-state index contributed by atoms with van der Waals surface area (Å²) in [5.74, 6) is -0.575. The molecule has 7 nitrogen and oxygen atoms in total. The van der Waals surface area contributed by atoms with Crippen LogP contribution in [0.1, 0.15) is 6.92 Å². The third kappa shape index (κ3) is 4.19. The van der Waals surface area contributed by atoms with Gasteiger partial charge in [0, 0.05) is 18.2 Å². The Kier molecular flexibility index (Phi) is 5.31. The number of amides is 1. The van der Waals surface area contributed by atoms with Gasteiger partial charge in [0.15, 0.2) is 6.10 Å². The number of nitrogens with one attached hydrogen (secondary N) is 1. The second-order valence-corrected chi connectivity index (χ2v) is 4.85. The standard InChI is InChI=1S/C16H15FN2O5/c1-10(24-13-5-3-4-11(17)8-13)16(20)18-14-9-12(19(21)22)6-7-15(14)23-2/h3-10H,1-2H3,(H,18,20)/t10-/m0/s1. The lowest BCUT2D eigenvalue weighted by atomic mass is 10.2. The highest BCUT2D eigenvalue weighted by atomic mass is 19.1. The molecule has 0 bridgehead atoms. The summed E-state index contributed by atoms with van der Waals surface area (Å²) < 4.78 is 23.5. The van der Waals surface area contributed by atoms with Gasteiger partial charge in [-0.25, -0.2) is 4.39 Å². The van der Waals surface area contributed by atoms with Crippen molar-refractivity contribution in [1.29, 1.82) is 0 Å². The number of methoxy groups -OCH3 is 1. The van der Waals surface area contributed by atoms with Crippen LogP contribution in [0.5, 0.6) is 11.5 Å². The average molecular weight is 334 g/mol. The maximum absolute atomic E-state index is 13.1. The van der Waals surface area contributed by atoms with E-state index in [4.69, 9.17) is 9.47 Å². The molecule has 0 saturated carbocycles. The summed E-state index contributed by atoms with van der Waals surface area (Å²) in [6.07, 6.45) is -0.948. The van der Waals surface area contributed by atoms with Crippen LogP contribution >= 0.6 is 0 Å². The van der Waals surface area contributed by atoms with Crippen molar-refractivity contribution < 1.29 is 23.6 Å². The summed E-state index contributed by atoms with van der Waals surface area (Å²) in [7, 11) is 1.38. The van der Waals surface area contributed by atoms with Gasteiger partial charge in [-0.1, -0.05) is 6.07 Å². The molecule has 8 heteroatoms. The van der Waals surface area contributed by atoms with E-state index < -0.39 is 22.8 Å². The SMILES string of the molecule is COc1ccc([N+](=O)[O-])cc1NC(=O)[C@H](C)Oc1cccc(F)c1. The van der Waals surface area contributed by atoms with Crippen molar-refractivity contribution in [3.05, 3.63) is 58.4 Å². The van der Waals surface area contributed by atoms with E-state index in [1.807, 2.05) is 0 Å².